The molecule has 0 saturated carbocycles. The second-order valence-corrected chi connectivity index (χ2v) is 6.93. The Kier molecular flexibility index (Phi) is 5.01. The van der Waals surface area contributed by atoms with Crippen LogP contribution in [0.3, 0.4) is 0 Å². The summed E-state index contributed by atoms with van der Waals surface area (Å²) in [5.41, 5.74) is 2.25. The third kappa shape index (κ3) is 3.85. The van der Waals surface area contributed by atoms with Crippen molar-refractivity contribution in [2.24, 2.45) is 0 Å². The van der Waals surface area contributed by atoms with Crippen molar-refractivity contribution in [3.63, 3.8) is 0 Å². The molecule has 0 spiro atoms. The first kappa shape index (κ1) is 16.7. The molecular formula is C17H14F2N2OS2. The Morgan fingerprint density at radius 2 is 2.08 bits per heavy atom. The van der Waals surface area contributed by atoms with Crippen molar-refractivity contribution < 1.29 is 13.6 Å². The highest BCUT2D eigenvalue weighted by Gasteiger charge is 2.14. The molecule has 7 heteroatoms. The molecule has 0 aliphatic carbocycles. The third-order valence-electron chi connectivity index (χ3n) is 3.48. The van der Waals surface area contributed by atoms with Gasteiger partial charge in [0.15, 0.2) is 11.6 Å². The summed E-state index contributed by atoms with van der Waals surface area (Å²) in [7, 11) is 0. The SMILES string of the molecule is C[C@H](NC(=O)Cc1csc(-c2ccsc2)n1)c1ccc(F)c(F)c1. The first-order chi connectivity index (χ1) is 11.5. The molecule has 0 fully saturated rings. The van der Waals surface area contributed by atoms with E-state index in [1.807, 2.05) is 22.2 Å². The molecule has 1 amide bonds. The molecule has 3 aromatic rings. The van der Waals surface area contributed by atoms with E-state index in [1.165, 1.54) is 17.4 Å². The van der Waals surface area contributed by atoms with Gasteiger partial charge in [-0.2, -0.15) is 11.3 Å². The van der Waals surface area contributed by atoms with Gasteiger partial charge in [-0.15, -0.1) is 11.3 Å². The lowest BCUT2D eigenvalue weighted by Gasteiger charge is -2.14. The lowest BCUT2D eigenvalue weighted by atomic mass is 10.1. The molecule has 0 radical (unpaired) electrons. The fourth-order valence-corrected chi connectivity index (χ4v) is 3.76. The average molecular weight is 364 g/mol. The standard InChI is InChI=1S/C17H14F2N2OS2/c1-10(11-2-3-14(18)15(19)6-11)20-16(22)7-13-9-24-17(21-13)12-4-5-23-8-12/h2-6,8-10H,7H2,1H3,(H,20,22)/t10-/m0/s1. The summed E-state index contributed by atoms with van der Waals surface area (Å²) in [6.07, 6.45) is 0.147. The quantitative estimate of drug-likeness (QED) is 0.721. The highest BCUT2D eigenvalue weighted by molar-refractivity contribution is 7.14. The van der Waals surface area contributed by atoms with Crippen LogP contribution in [-0.4, -0.2) is 10.9 Å². The monoisotopic (exact) mass is 364 g/mol. The van der Waals surface area contributed by atoms with E-state index in [1.54, 1.807) is 18.3 Å². The number of carbonyl (C=O) groups is 1. The van der Waals surface area contributed by atoms with Crippen molar-refractivity contribution >= 4 is 28.6 Å². The second-order valence-electron chi connectivity index (χ2n) is 5.30. The Morgan fingerprint density at radius 3 is 2.79 bits per heavy atom. The molecule has 0 aliphatic heterocycles. The number of nitrogens with zero attached hydrogens (tertiary/aromatic N) is 1. The fourth-order valence-electron chi connectivity index (χ4n) is 2.23. The summed E-state index contributed by atoms with van der Waals surface area (Å²) >= 11 is 3.09. The first-order valence-electron chi connectivity index (χ1n) is 7.24. The zero-order valence-corrected chi connectivity index (χ0v) is 14.4. The number of thiophene rings is 1. The Morgan fingerprint density at radius 1 is 1.25 bits per heavy atom. The van der Waals surface area contributed by atoms with Crippen LogP contribution in [0.2, 0.25) is 0 Å². The smallest absolute Gasteiger partial charge is 0.226 e. The van der Waals surface area contributed by atoms with E-state index < -0.39 is 17.7 Å². The zero-order valence-electron chi connectivity index (χ0n) is 12.8. The number of hydrogen-bond acceptors (Lipinski definition) is 4. The van der Waals surface area contributed by atoms with E-state index in [4.69, 9.17) is 0 Å². The van der Waals surface area contributed by atoms with Gasteiger partial charge in [0, 0.05) is 16.3 Å². The van der Waals surface area contributed by atoms with Gasteiger partial charge in [-0.05, 0) is 36.1 Å². The molecule has 0 saturated heterocycles. The van der Waals surface area contributed by atoms with Crippen molar-refractivity contribution in [3.8, 4) is 10.6 Å². The number of amides is 1. The highest BCUT2D eigenvalue weighted by Crippen LogP contribution is 2.26. The number of halogens is 2. The molecule has 2 aromatic heterocycles. The maximum absolute atomic E-state index is 13.3. The maximum atomic E-state index is 13.3. The molecule has 1 atom stereocenters. The van der Waals surface area contributed by atoms with Gasteiger partial charge in [0.05, 0.1) is 18.2 Å². The summed E-state index contributed by atoms with van der Waals surface area (Å²) in [4.78, 5) is 16.6. The molecule has 1 N–H and O–H groups in total. The van der Waals surface area contributed by atoms with E-state index in [0.29, 0.717) is 11.3 Å². The van der Waals surface area contributed by atoms with Crippen LogP contribution in [0.25, 0.3) is 10.6 Å². The minimum atomic E-state index is -0.923. The van der Waals surface area contributed by atoms with Crippen molar-refractivity contribution in [1.29, 1.82) is 0 Å². The van der Waals surface area contributed by atoms with Crippen LogP contribution in [0.5, 0.6) is 0 Å². The Labute approximate surface area is 146 Å². The number of aromatic nitrogens is 1. The number of thiazole rings is 1. The number of nitrogens with one attached hydrogen (secondary N) is 1. The summed E-state index contributed by atoms with van der Waals surface area (Å²) in [6, 6.07) is 5.18. The van der Waals surface area contributed by atoms with Gasteiger partial charge >= 0.3 is 0 Å². The van der Waals surface area contributed by atoms with Crippen molar-refractivity contribution in [1.82, 2.24) is 10.3 Å². The molecule has 0 bridgehead atoms. The van der Waals surface area contributed by atoms with Crippen LogP contribution in [0.4, 0.5) is 8.78 Å². The normalized spacial score (nSPS) is 12.1. The van der Waals surface area contributed by atoms with Crippen LogP contribution in [0.15, 0.2) is 40.4 Å². The summed E-state index contributed by atoms with van der Waals surface area (Å²) < 4.78 is 26.2. The van der Waals surface area contributed by atoms with E-state index in [2.05, 4.69) is 10.3 Å². The van der Waals surface area contributed by atoms with Crippen molar-refractivity contribution in [3.05, 3.63) is 63.3 Å². The molecule has 3 rings (SSSR count). The molecular weight excluding hydrogens is 350 g/mol. The Balaban J connectivity index is 1.62. The van der Waals surface area contributed by atoms with Crippen molar-refractivity contribution in [2.45, 2.75) is 19.4 Å². The van der Waals surface area contributed by atoms with Crippen LogP contribution < -0.4 is 5.32 Å². The predicted molar refractivity (Wildman–Crippen MR) is 92.0 cm³/mol. The van der Waals surface area contributed by atoms with Crippen molar-refractivity contribution in [2.75, 3.05) is 0 Å². The third-order valence-corrected chi connectivity index (χ3v) is 5.11. The lowest BCUT2D eigenvalue weighted by molar-refractivity contribution is -0.121. The largest absolute Gasteiger partial charge is 0.349 e. The van der Waals surface area contributed by atoms with Gasteiger partial charge in [-0.3, -0.25) is 4.79 Å². The molecule has 0 aliphatic rings. The van der Waals surface area contributed by atoms with Gasteiger partial charge < -0.3 is 5.32 Å². The lowest BCUT2D eigenvalue weighted by Crippen LogP contribution is -2.28. The van der Waals surface area contributed by atoms with Crippen LogP contribution in [0.1, 0.15) is 24.2 Å². The van der Waals surface area contributed by atoms with E-state index in [9.17, 15) is 13.6 Å². The molecule has 124 valence electrons. The molecule has 0 unspecified atom stereocenters. The fraction of sp³-hybridized carbons (Fsp3) is 0.176. The first-order valence-corrected chi connectivity index (χ1v) is 9.06. The molecule has 24 heavy (non-hydrogen) atoms. The van der Waals surface area contributed by atoms with Gasteiger partial charge in [0.25, 0.3) is 0 Å². The van der Waals surface area contributed by atoms with Gasteiger partial charge in [-0.25, -0.2) is 13.8 Å². The summed E-state index contributed by atoms with van der Waals surface area (Å²) in [5.74, 6) is -2.04. The van der Waals surface area contributed by atoms with E-state index >= 15 is 0 Å². The minimum absolute atomic E-state index is 0.147. The molecule has 2 heterocycles. The van der Waals surface area contributed by atoms with Crippen LogP contribution in [-0.2, 0) is 11.2 Å². The predicted octanol–water partition coefficient (Wildman–Crippen LogP) is 4.57. The number of rotatable bonds is 5. The Bertz CT molecular complexity index is 846. The van der Waals surface area contributed by atoms with E-state index in [0.717, 1.165) is 22.7 Å². The topological polar surface area (TPSA) is 42.0 Å². The second kappa shape index (κ2) is 7.19. The van der Waals surface area contributed by atoms with Gasteiger partial charge in [-0.1, -0.05) is 6.07 Å². The minimum Gasteiger partial charge on any atom is -0.349 e. The molecule has 3 nitrogen and oxygen atoms in total. The Hall–Kier alpha value is -2.12. The summed E-state index contributed by atoms with van der Waals surface area (Å²) in [6.45, 7) is 1.72. The highest BCUT2D eigenvalue weighted by atomic mass is 32.1. The van der Waals surface area contributed by atoms with Gasteiger partial charge in [0.2, 0.25) is 5.91 Å². The van der Waals surface area contributed by atoms with Gasteiger partial charge in [0.1, 0.15) is 5.01 Å². The van der Waals surface area contributed by atoms with Crippen LogP contribution in [0, 0.1) is 11.6 Å². The van der Waals surface area contributed by atoms with Crippen LogP contribution >= 0.6 is 22.7 Å². The zero-order chi connectivity index (χ0) is 17.1. The number of benzene rings is 1. The number of carbonyl (C=O) groups excluding carboxylic acids is 1. The van der Waals surface area contributed by atoms with E-state index in [-0.39, 0.29) is 12.3 Å². The average Bonchev–Trinajstić information content (AvgIpc) is 3.20. The number of hydrogen-bond donors (Lipinski definition) is 1. The maximum Gasteiger partial charge on any atom is 0.226 e. The summed E-state index contributed by atoms with van der Waals surface area (Å²) in [5, 5.41) is 9.50. The molecule has 1 aromatic carbocycles.